The molecule has 1 amide bonds. The molecular weight excluding hydrogens is 488 g/mol. The summed E-state index contributed by atoms with van der Waals surface area (Å²) in [6.45, 7) is 2.79. The van der Waals surface area contributed by atoms with Gasteiger partial charge in [0, 0.05) is 47.0 Å². The average molecular weight is 517 g/mol. The van der Waals surface area contributed by atoms with Crippen LogP contribution in [0.2, 0.25) is 5.02 Å². The Morgan fingerprint density at radius 1 is 1.14 bits per heavy atom. The maximum absolute atomic E-state index is 12.0. The lowest BCUT2D eigenvalue weighted by Gasteiger charge is -2.31. The van der Waals surface area contributed by atoms with E-state index in [1.165, 1.54) is 0 Å². The van der Waals surface area contributed by atoms with Crippen LogP contribution in [-0.2, 0) is 4.79 Å². The van der Waals surface area contributed by atoms with Gasteiger partial charge in [0.05, 0.1) is 11.7 Å². The van der Waals surface area contributed by atoms with E-state index in [0.717, 1.165) is 46.6 Å². The van der Waals surface area contributed by atoms with Gasteiger partial charge in [-0.1, -0.05) is 54.1 Å². The van der Waals surface area contributed by atoms with Crippen LogP contribution in [-0.4, -0.2) is 55.8 Å². The van der Waals surface area contributed by atoms with Crippen molar-refractivity contribution in [2.24, 2.45) is 0 Å². The maximum Gasteiger partial charge on any atom is 0.248 e. The summed E-state index contributed by atoms with van der Waals surface area (Å²) in [4.78, 5) is 23.0. The zero-order chi connectivity index (χ0) is 25.8. The normalized spacial score (nSPS) is 14.9. The lowest BCUT2D eigenvalue weighted by molar-refractivity contribution is -0.135. The number of H-pyrrole nitrogens is 1. The number of hydrogen-bond donors (Lipinski definition) is 3. The number of hydrogen-bond acceptors (Lipinski definition) is 6. The minimum absolute atomic E-state index is 0.0318. The maximum atomic E-state index is 12.0. The van der Waals surface area contributed by atoms with Crippen molar-refractivity contribution in [3.63, 3.8) is 0 Å². The van der Waals surface area contributed by atoms with Crippen LogP contribution < -0.4 is 5.32 Å². The number of nitrogens with zero attached hydrogens (tertiary/aromatic N) is 4. The van der Waals surface area contributed by atoms with E-state index in [1.807, 2.05) is 48.5 Å². The van der Waals surface area contributed by atoms with E-state index < -0.39 is 6.61 Å². The van der Waals surface area contributed by atoms with Crippen molar-refractivity contribution in [2.45, 2.75) is 31.7 Å². The van der Waals surface area contributed by atoms with Gasteiger partial charge in [0.2, 0.25) is 11.9 Å². The standard InChI is InChI=1S/C28H29ClN6O2/c1-18(19-5-3-2-4-6-19)31-28-30-14-11-23(32-28)25-26(20-7-9-22(29)10-8-20)33-34-27(25)21-12-15-35(16-13-21)24(37)17-36/h2-11,14,18,21,36H,12-13,15-17H2,1H3,(H,33,34)(H,30,31,32)/t18-/m0/s1. The Labute approximate surface area is 220 Å². The lowest BCUT2D eigenvalue weighted by Crippen LogP contribution is -2.39. The van der Waals surface area contributed by atoms with Crippen molar-refractivity contribution < 1.29 is 9.90 Å². The third kappa shape index (κ3) is 5.50. The van der Waals surface area contributed by atoms with Gasteiger partial charge in [-0.2, -0.15) is 5.10 Å². The summed E-state index contributed by atoms with van der Waals surface area (Å²) in [7, 11) is 0. The molecule has 1 atom stereocenters. The molecule has 0 radical (unpaired) electrons. The summed E-state index contributed by atoms with van der Waals surface area (Å²) in [5.41, 5.74) is 5.54. The highest BCUT2D eigenvalue weighted by molar-refractivity contribution is 6.30. The molecule has 3 N–H and O–H groups in total. The summed E-state index contributed by atoms with van der Waals surface area (Å²) in [5.74, 6) is 0.469. The lowest BCUT2D eigenvalue weighted by atomic mass is 9.89. The Bertz CT molecular complexity index is 1350. The fourth-order valence-electron chi connectivity index (χ4n) is 4.83. The van der Waals surface area contributed by atoms with Crippen LogP contribution in [0.3, 0.4) is 0 Å². The highest BCUT2D eigenvalue weighted by Gasteiger charge is 2.29. The predicted octanol–water partition coefficient (Wildman–Crippen LogP) is 5.06. The molecule has 2 aromatic carbocycles. The number of anilines is 1. The summed E-state index contributed by atoms with van der Waals surface area (Å²) < 4.78 is 0. The van der Waals surface area contributed by atoms with Crippen molar-refractivity contribution >= 4 is 23.5 Å². The number of aromatic amines is 1. The Balaban J connectivity index is 1.49. The fourth-order valence-corrected chi connectivity index (χ4v) is 4.96. The number of halogens is 1. The Kier molecular flexibility index (Phi) is 7.48. The second kappa shape index (κ2) is 11.1. The topological polar surface area (TPSA) is 107 Å². The largest absolute Gasteiger partial charge is 0.387 e. The molecule has 4 aromatic rings. The molecule has 190 valence electrons. The van der Waals surface area contributed by atoms with Gasteiger partial charge in [-0.25, -0.2) is 9.97 Å². The number of carbonyl (C=O) groups excluding carboxylic acids is 1. The molecule has 1 aliphatic heterocycles. The first-order valence-corrected chi connectivity index (χ1v) is 12.8. The number of carbonyl (C=O) groups is 1. The Hall–Kier alpha value is -3.75. The fraction of sp³-hybridized carbons (Fsp3) is 0.286. The highest BCUT2D eigenvalue weighted by atomic mass is 35.5. The van der Waals surface area contributed by atoms with E-state index in [1.54, 1.807) is 11.1 Å². The van der Waals surface area contributed by atoms with E-state index in [2.05, 4.69) is 34.5 Å². The number of aliphatic hydroxyl groups is 1. The Morgan fingerprint density at radius 2 is 1.86 bits per heavy atom. The molecule has 5 rings (SSSR count). The van der Waals surface area contributed by atoms with Crippen molar-refractivity contribution in [1.82, 2.24) is 25.1 Å². The molecule has 1 fully saturated rings. The summed E-state index contributed by atoms with van der Waals surface area (Å²) in [6.07, 6.45) is 3.29. The third-order valence-electron chi connectivity index (χ3n) is 6.86. The second-order valence-corrected chi connectivity index (χ2v) is 9.66. The predicted molar refractivity (Wildman–Crippen MR) is 144 cm³/mol. The van der Waals surface area contributed by atoms with Gasteiger partial charge < -0.3 is 15.3 Å². The van der Waals surface area contributed by atoms with E-state index in [-0.39, 0.29) is 17.9 Å². The number of benzene rings is 2. The van der Waals surface area contributed by atoms with Gasteiger partial charge >= 0.3 is 0 Å². The van der Waals surface area contributed by atoms with Crippen molar-refractivity contribution in [3.8, 4) is 22.5 Å². The zero-order valence-electron chi connectivity index (χ0n) is 20.6. The van der Waals surface area contributed by atoms with Crippen LogP contribution in [0.4, 0.5) is 5.95 Å². The van der Waals surface area contributed by atoms with Crippen LogP contribution in [0.25, 0.3) is 22.5 Å². The van der Waals surface area contributed by atoms with Crippen molar-refractivity contribution in [2.75, 3.05) is 25.0 Å². The molecule has 0 unspecified atom stereocenters. The molecular formula is C28H29ClN6O2. The molecule has 0 spiro atoms. The number of rotatable bonds is 7. The summed E-state index contributed by atoms with van der Waals surface area (Å²) in [6, 6.07) is 19.7. The van der Waals surface area contributed by atoms with Gasteiger partial charge in [0.25, 0.3) is 0 Å². The first-order valence-electron chi connectivity index (χ1n) is 12.4. The summed E-state index contributed by atoms with van der Waals surface area (Å²) in [5, 5.41) is 21.3. The summed E-state index contributed by atoms with van der Waals surface area (Å²) >= 11 is 6.15. The van der Waals surface area contributed by atoms with E-state index >= 15 is 0 Å². The molecule has 0 saturated carbocycles. The van der Waals surface area contributed by atoms with Gasteiger partial charge in [-0.3, -0.25) is 9.89 Å². The van der Waals surface area contributed by atoms with Crippen LogP contribution >= 0.6 is 11.6 Å². The van der Waals surface area contributed by atoms with E-state index in [0.29, 0.717) is 24.1 Å². The molecule has 2 aromatic heterocycles. The molecule has 0 bridgehead atoms. The monoisotopic (exact) mass is 516 g/mol. The quantitative estimate of drug-likeness (QED) is 0.317. The minimum Gasteiger partial charge on any atom is -0.387 e. The minimum atomic E-state index is -0.460. The number of amides is 1. The third-order valence-corrected chi connectivity index (χ3v) is 7.11. The number of nitrogens with one attached hydrogen (secondary N) is 2. The van der Waals surface area contributed by atoms with Gasteiger partial charge in [-0.05, 0) is 43.5 Å². The van der Waals surface area contributed by atoms with E-state index in [4.69, 9.17) is 21.7 Å². The van der Waals surface area contributed by atoms with Crippen LogP contribution in [0.15, 0.2) is 66.9 Å². The van der Waals surface area contributed by atoms with Crippen LogP contribution in [0.1, 0.15) is 43.0 Å². The molecule has 37 heavy (non-hydrogen) atoms. The van der Waals surface area contributed by atoms with E-state index in [9.17, 15) is 9.90 Å². The average Bonchev–Trinajstić information content (AvgIpc) is 3.39. The van der Waals surface area contributed by atoms with Crippen molar-refractivity contribution in [1.29, 1.82) is 0 Å². The van der Waals surface area contributed by atoms with Gasteiger partial charge in [0.15, 0.2) is 0 Å². The molecule has 1 saturated heterocycles. The smallest absolute Gasteiger partial charge is 0.248 e. The molecule has 1 aliphatic rings. The molecule has 8 nitrogen and oxygen atoms in total. The Morgan fingerprint density at radius 3 is 2.57 bits per heavy atom. The SMILES string of the molecule is C[C@H](Nc1nccc(-c2c(-c3ccc(Cl)cc3)n[nH]c2C2CCN(C(=O)CO)CC2)n1)c1ccccc1. The second-order valence-electron chi connectivity index (χ2n) is 9.22. The van der Waals surface area contributed by atoms with Gasteiger partial charge in [0.1, 0.15) is 12.3 Å². The number of aliphatic hydroxyl groups excluding tert-OH is 1. The first-order chi connectivity index (χ1) is 18.0. The zero-order valence-corrected chi connectivity index (χ0v) is 21.3. The molecule has 9 heteroatoms. The van der Waals surface area contributed by atoms with Gasteiger partial charge in [-0.15, -0.1) is 0 Å². The molecule has 3 heterocycles. The van der Waals surface area contributed by atoms with Crippen LogP contribution in [0.5, 0.6) is 0 Å². The number of piperidine rings is 1. The highest BCUT2D eigenvalue weighted by Crippen LogP contribution is 2.39. The van der Waals surface area contributed by atoms with Crippen molar-refractivity contribution in [3.05, 3.63) is 83.1 Å². The molecule has 0 aliphatic carbocycles. The number of likely N-dealkylation sites (tertiary alicyclic amines) is 1. The number of aromatic nitrogens is 4. The van der Waals surface area contributed by atoms with Crippen LogP contribution in [0, 0.1) is 0 Å². The first kappa shape index (κ1) is 24.9.